The first-order chi connectivity index (χ1) is 13.9. The maximum Gasteiger partial charge on any atom is 0.167 e. The zero-order valence-electron chi connectivity index (χ0n) is 17.2. The van der Waals surface area contributed by atoms with Crippen LogP contribution in [0.4, 0.5) is 0 Å². The molecule has 0 aromatic heterocycles. The molecule has 0 saturated heterocycles. The Morgan fingerprint density at radius 3 is 2.41 bits per heavy atom. The van der Waals surface area contributed by atoms with E-state index in [1.54, 1.807) is 0 Å². The Bertz CT molecular complexity index is 1000. The monoisotopic (exact) mass is 392 g/mol. The molecule has 0 amide bonds. The quantitative estimate of drug-likeness (QED) is 0.792. The second-order valence-electron chi connectivity index (χ2n) is 8.45. The van der Waals surface area contributed by atoms with Crippen LogP contribution in [0, 0.1) is 19.8 Å². The minimum atomic E-state index is -0.111. The number of hydrogen-bond donors (Lipinski definition) is 2. The maximum absolute atomic E-state index is 13.3. The van der Waals surface area contributed by atoms with Crippen molar-refractivity contribution >= 4 is 11.6 Å². The number of aliphatic hydroxyl groups is 2. The summed E-state index contributed by atoms with van der Waals surface area (Å²) in [4.78, 5) is 25.4. The van der Waals surface area contributed by atoms with Crippen LogP contribution in [0.25, 0.3) is 0 Å². The molecule has 2 aromatic rings. The Balaban J connectivity index is 1.67. The number of hydrogen-bond acceptors (Lipinski definition) is 4. The number of fused-ring (bicyclic) bond motifs is 2. The molecule has 29 heavy (non-hydrogen) atoms. The average Bonchev–Trinajstić information content (AvgIpc) is 3.19. The van der Waals surface area contributed by atoms with Crippen molar-refractivity contribution in [2.75, 3.05) is 13.2 Å². The number of benzene rings is 2. The highest BCUT2D eigenvalue weighted by atomic mass is 16.3. The molecule has 1 atom stereocenters. The van der Waals surface area contributed by atoms with E-state index in [0.717, 1.165) is 62.9 Å². The number of carbonyl (C=O) groups excluding carboxylic acids is 2. The normalized spacial score (nSPS) is 17.7. The van der Waals surface area contributed by atoms with Crippen LogP contribution in [0.3, 0.4) is 0 Å². The number of aliphatic hydroxyl groups excluding tert-OH is 2. The second kappa shape index (κ2) is 7.85. The lowest BCUT2D eigenvalue weighted by Gasteiger charge is -2.15. The van der Waals surface area contributed by atoms with E-state index < -0.39 is 0 Å². The van der Waals surface area contributed by atoms with Gasteiger partial charge >= 0.3 is 0 Å². The standard InChI is InChI=1S/C25H28O4/c1-14-9-19-12-20(25(29)24(19)15(2)21(14)6-8-27)11-18-10-17-3-4-23(28)22(17)13-16(18)5-7-26/h9-10,13,20,26-27H,3-8,11-12H2,1-2H3. The largest absolute Gasteiger partial charge is 0.396 e. The van der Waals surface area contributed by atoms with Crippen LogP contribution in [0.5, 0.6) is 0 Å². The van der Waals surface area contributed by atoms with Gasteiger partial charge in [-0.05, 0) is 91.0 Å². The number of carbonyl (C=O) groups is 2. The van der Waals surface area contributed by atoms with Gasteiger partial charge in [0.15, 0.2) is 11.6 Å². The summed E-state index contributed by atoms with van der Waals surface area (Å²) < 4.78 is 0. The first kappa shape index (κ1) is 20.0. The molecule has 0 heterocycles. The van der Waals surface area contributed by atoms with Gasteiger partial charge in [-0.2, -0.15) is 0 Å². The van der Waals surface area contributed by atoms with Crippen LogP contribution in [0.15, 0.2) is 18.2 Å². The van der Waals surface area contributed by atoms with Crippen molar-refractivity contribution in [1.82, 2.24) is 0 Å². The van der Waals surface area contributed by atoms with Crippen molar-refractivity contribution in [2.24, 2.45) is 5.92 Å². The van der Waals surface area contributed by atoms with Crippen molar-refractivity contribution in [3.8, 4) is 0 Å². The fraction of sp³-hybridized carbons (Fsp3) is 0.440. The third kappa shape index (κ3) is 3.45. The molecule has 0 fully saturated rings. The van der Waals surface area contributed by atoms with E-state index in [4.69, 9.17) is 0 Å². The third-order valence-corrected chi connectivity index (χ3v) is 6.66. The van der Waals surface area contributed by atoms with E-state index in [0.29, 0.717) is 25.7 Å². The van der Waals surface area contributed by atoms with E-state index in [-0.39, 0.29) is 30.7 Å². The average molecular weight is 392 g/mol. The Morgan fingerprint density at radius 2 is 1.69 bits per heavy atom. The van der Waals surface area contributed by atoms with Crippen molar-refractivity contribution < 1.29 is 19.8 Å². The molecule has 0 radical (unpaired) electrons. The molecule has 2 N–H and O–H groups in total. The molecule has 0 spiro atoms. The zero-order chi connectivity index (χ0) is 20.7. The topological polar surface area (TPSA) is 74.6 Å². The van der Waals surface area contributed by atoms with Gasteiger partial charge in [0.2, 0.25) is 0 Å². The maximum atomic E-state index is 13.3. The minimum absolute atomic E-state index is 0.0294. The highest BCUT2D eigenvalue weighted by Crippen LogP contribution is 2.36. The van der Waals surface area contributed by atoms with Gasteiger partial charge in [0.05, 0.1) is 0 Å². The van der Waals surface area contributed by atoms with Gasteiger partial charge in [-0.25, -0.2) is 0 Å². The van der Waals surface area contributed by atoms with Gasteiger partial charge in [-0.15, -0.1) is 0 Å². The first-order valence-corrected chi connectivity index (χ1v) is 10.5. The minimum Gasteiger partial charge on any atom is -0.396 e. The Labute approximate surface area is 171 Å². The fourth-order valence-corrected chi connectivity index (χ4v) is 5.23. The highest BCUT2D eigenvalue weighted by molar-refractivity contribution is 6.04. The van der Waals surface area contributed by atoms with Gasteiger partial charge in [-0.3, -0.25) is 9.59 Å². The van der Waals surface area contributed by atoms with Gasteiger partial charge in [0.25, 0.3) is 0 Å². The molecule has 152 valence electrons. The first-order valence-electron chi connectivity index (χ1n) is 10.5. The molecule has 2 aromatic carbocycles. The van der Waals surface area contributed by atoms with Gasteiger partial charge in [0.1, 0.15) is 0 Å². The molecule has 4 rings (SSSR count). The van der Waals surface area contributed by atoms with Crippen LogP contribution >= 0.6 is 0 Å². The van der Waals surface area contributed by atoms with Crippen LogP contribution in [-0.2, 0) is 32.1 Å². The van der Waals surface area contributed by atoms with Crippen LogP contribution in [0.1, 0.15) is 66.1 Å². The van der Waals surface area contributed by atoms with Crippen molar-refractivity contribution in [2.45, 2.75) is 52.4 Å². The van der Waals surface area contributed by atoms with Crippen molar-refractivity contribution in [3.05, 3.63) is 68.3 Å². The zero-order valence-corrected chi connectivity index (χ0v) is 17.2. The summed E-state index contributed by atoms with van der Waals surface area (Å²) in [6, 6.07) is 6.15. The molecule has 0 aliphatic heterocycles. The predicted molar refractivity (Wildman–Crippen MR) is 112 cm³/mol. The van der Waals surface area contributed by atoms with Crippen LogP contribution in [0.2, 0.25) is 0 Å². The lowest BCUT2D eigenvalue weighted by molar-refractivity contribution is 0.0934. The molecule has 0 saturated carbocycles. The SMILES string of the molecule is Cc1cc2c(c(C)c1CCO)C(=O)C(Cc1cc3c(cc1CCO)C(=O)CC3)C2. The predicted octanol–water partition coefficient (Wildman–Crippen LogP) is 3.10. The smallest absolute Gasteiger partial charge is 0.167 e. The second-order valence-corrected chi connectivity index (χ2v) is 8.45. The van der Waals surface area contributed by atoms with E-state index in [1.807, 2.05) is 19.9 Å². The van der Waals surface area contributed by atoms with Gasteiger partial charge in [-0.1, -0.05) is 12.1 Å². The van der Waals surface area contributed by atoms with Crippen LogP contribution < -0.4 is 0 Å². The summed E-state index contributed by atoms with van der Waals surface area (Å²) in [6.07, 6.45) is 3.76. The van der Waals surface area contributed by atoms with E-state index in [1.165, 1.54) is 0 Å². The van der Waals surface area contributed by atoms with E-state index in [2.05, 4.69) is 12.1 Å². The Morgan fingerprint density at radius 1 is 0.931 bits per heavy atom. The van der Waals surface area contributed by atoms with Crippen molar-refractivity contribution in [3.63, 3.8) is 0 Å². The fourth-order valence-electron chi connectivity index (χ4n) is 5.23. The summed E-state index contributed by atoms with van der Waals surface area (Å²) in [7, 11) is 0. The lowest BCUT2D eigenvalue weighted by Crippen LogP contribution is -2.15. The molecular weight excluding hydrogens is 364 g/mol. The van der Waals surface area contributed by atoms with Gasteiger partial charge in [0, 0.05) is 36.7 Å². The molecule has 0 bridgehead atoms. The molecular formula is C25H28O4. The number of ketones is 2. The summed E-state index contributed by atoms with van der Waals surface area (Å²) in [6.45, 7) is 4.15. The highest BCUT2D eigenvalue weighted by Gasteiger charge is 2.34. The Hall–Kier alpha value is -2.30. The number of aryl methyl sites for hydroxylation is 2. The molecule has 2 aliphatic rings. The summed E-state index contributed by atoms with van der Waals surface area (Å²) >= 11 is 0. The number of Topliss-reactive ketones (excluding diaryl/α,β-unsaturated/α-hetero) is 2. The summed E-state index contributed by atoms with van der Waals surface area (Å²) in [5.74, 6) is 0.251. The summed E-state index contributed by atoms with van der Waals surface area (Å²) in [5, 5.41) is 18.9. The van der Waals surface area contributed by atoms with Gasteiger partial charge < -0.3 is 10.2 Å². The molecule has 1 unspecified atom stereocenters. The van der Waals surface area contributed by atoms with E-state index in [9.17, 15) is 19.8 Å². The number of rotatable bonds is 6. The summed E-state index contributed by atoms with van der Waals surface area (Å²) in [5.41, 5.74) is 9.11. The molecule has 4 heteroatoms. The van der Waals surface area contributed by atoms with E-state index >= 15 is 0 Å². The van der Waals surface area contributed by atoms with Crippen LogP contribution in [-0.4, -0.2) is 35.0 Å². The third-order valence-electron chi connectivity index (χ3n) is 6.66. The lowest BCUT2D eigenvalue weighted by atomic mass is 9.89. The Kier molecular flexibility index (Phi) is 5.41. The molecule has 2 aliphatic carbocycles. The molecule has 4 nitrogen and oxygen atoms in total. The van der Waals surface area contributed by atoms with Crippen molar-refractivity contribution in [1.29, 1.82) is 0 Å².